The number of benzene rings is 2. The third kappa shape index (κ3) is 3.43. The van der Waals surface area contributed by atoms with E-state index in [1.807, 2.05) is 19.1 Å². The topological polar surface area (TPSA) is 80.5 Å². The molecule has 0 radical (unpaired) electrons. The molecule has 1 saturated heterocycles. The van der Waals surface area contributed by atoms with Gasteiger partial charge in [0, 0.05) is 6.07 Å². The van der Waals surface area contributed by atoms with Crippen LogP contribution in [0.25, 0.3) is 6.08 Å². The Morgan fingerprint density at radius 2 is 1.77 bits per heavy atom. The number of nitrogens with zero attached hydrogens (tertiary/aromatic N) is 2. The normalized spacial score (nSPS) is 16.0. The van der Waals surface area contributed by atoms with Gasteiger partial charge in [-0.25, -0.2) is 4.90 Å². The second kappa shape index (κ2) is 7.37. The number of para-hydroxylation sites is 2. The molecule has 1 aliphatic rings. The number of carbonyl (C=O) groups is 2. The van der Waals surface area contributed by atoms with Gasteiger partial charge < -0.3 is 0 Å². The zero-order chi connectivity index (χ0) is 18.7. The van der Waals surface area contributed by atoms with Gasteiger partial charge in [-0.05, 0) is 48.5 Å². The molecule has 0 spiro atoms. The van der Waals surface area contributed by atoms with Crippen molar-refractivity contribution in [1.82, 2.24) is 0 Å². The summed E-state index contributed by atoms with van der Waals surface area (Å²) in [5.41, 5.74) is 1.78. The smallest absolute Gasteiger partial charge is 0.268 e. The number of hydrogen-bond donors (Lipinski definition) is 0. The summed E-state index contributed by atoms with van der Waals surface area (Å²) in [4.78, 5) is 36.8. The Bertz CT molecular complexity index is 966. The molecule has 1 heterocycles. The van der Waals surface area contributed by atoms with E-state index in [1.54, 1.807) is 36.4 Å². The number of hydrogen-bond acceptors (Lipinski definition) is 5. The molecule has 0 bridgehead atoms. The second-order valence-corrected chi connectivity index (χ2v) is 6.49. The third-order valence-corrected chi connectivity index (χ3v) is 4.69. The van der Waals surface area contributed by atoms with Gasteiger partial charge in [0.1, 0.15) is 0 Å². The van der Waals surface area contributed by atoms with Crippen LogP contribution in [-0.2, 0) is 4.79 Å². The quantitative estimate of drug-likeness (QED) is 0.445. The van der Waals surface area contributed by atoms with Gasteiger partial charge in [-0.1, -0.05) is 36.4 Å². The van der Waals surface area contributed by atoms with Crippen LogP contribution in [0.15, 0.2) is 65.6 Å². The van der Waals surface area contributed by atoms with Gasteiger partial charge in [0.05, 0.1) is 21.1 Å². The molecular weight excluding hydrogens is 352 g/mol. The number of aryl methyl sites for hydroxylation is 1. The monoisotopic (exact) mass is 366 g/mol. The van der Waals surface area contributed by atoms with Gasteiger partial charge in [0.2, 0.25) is 0 Å². The number of rotatable bonds is 4. The van der Waals surface area contributed by atoms with Crippen molar-refractivity contribution in [1.29, 1.82) is 0 Å². The molecule has 1 fully saturated rings. The highest BCUT2D eigenvalue weighted by Crippen LogP contribution is 2.35. The average Bonchev–Trinajstić information content (AvgIpc) is 2.90. The first-order valence-electron chi connectivity index (χ1n) is 7.72. The van der Waals surface area contributed by atoms with Crippen molar-refractivity contribution in [2.45, 2.75) is 6.92 Å². The molecule has 1 aliphatic heterocycles. The first-order chi connectivity index (χ1) is 12.5. The second-order valence-electron chi connectivity index (χ2n) is 5.50. The van der Waals surface area contributed by atoms with E-state index in [2.05, 4.69) is 0 Å². The molecular formula is C19H14N2O4S. The lowest BCUT2D eigenvalue weighted by molar-refractivity contribution is -0.385. The Kier molecular flexibility index (Phi) is 4.99. The van der Waals surface area contributed by atoms with Crippen LogP contribution in [0.5, 0.6) is 0 Å². The van der Waals surface area contributed by atoms with Gasteiger partial charge in [-0.3, -0.25) is 19.7 Å². The molecule has 0 N–H and O–H groups in total. The summed E-state index contributed by atoms with van der Waals surface area (Å²) in [6.45, 7) is 1.83. The summed E-state index contributed by atoms with van der Waals surface area (Å²) in [7, 11) is 0. The number of anilines is 1. The lowest BCUT2D eigenvalue weighted by atomic mass is 10.1. The summed E-state index contributed by atoms with van der Waals surface area (Å²) in [5, 5.41) is 10.6. The number of imide groups is 1. The SMILES string of the molecule is Cc1ccccc1N1C(=O)S/C(=C\C=C\c2ccccc2[N+](=O)[O-])C1=O. The van der Waals surface area contributed by atoms with E-state index < -0.39 is 10.8 Å². The first-order valence-corrected chi connectivity index (χ1v) is 8.54. The van der Waals surface area contributed by atoms with E-state index in [4.69, 9.17) is 0 Å². The Balaban J connectivity index is 1.85. The van der Waals surface area contributed by atoms with E-state index in [9.17, 15) is 19.7 Å². The average molecular weight is 366 g/mol. The van der Waals surface area contributed by atoms with Gasteiger partial charge in [-0.2, -0.15) is 0 Å². The molecule has 0 aliphatic carbocycles. The van der Waals surface area contributed by atoms with Crippen molar-refractivity contribution in [2.75, 3.05) is 4.90 Å². The predicted octanol–water partition coefficient (Wildman–Crippen LogP) is 4.70. The minimum Gasteiger partial charge on any atom is -0.268 e. The highest BCUT2D eigenvalue weighted by molar-refractivity contribution is 8.18. The molecule has 0 aromatic heterocycles. The maximum Gasteiger partial charge on any atom is 0.298 e. The minimum absolute atomic E-state index is 0.0230. The van der Waals surface area contributed by atoms with Crippen molar-refractivity contribution >= 4 is 40.4 Å². The maximum absolute atomic E-state index is 12.6. The van der Waals surface area contributed by atoms with Crippen molar-refractivity contribution in [2.24, 2.45) is 0 Å². The fraction of sp³-hybridized carbons (Fsp3) is 0.0526. The Labute approximate surface area is 154 Å². The van der Waals surface area contributed by atoms with E-state index in [0.717, 1.165) is 22.2 Å². The third-order valence-electron chi connectivity index (χ3n) is 3.81. The summed E-state index contributed by atoms with van der Waals surface area (Å²) in [6, 6.07) is 13.5. The predicted molar refractivity (Wildman–Crippen MR) is 102 cm³/mol. The van der Waals surface area contributed by atoms with E-state index in [-0.39, 0.29) is 15.8 Å². The van der Waals surface area contributed by atoms with Crippen LogP contribution in [0.4, 0.5) is 16.2 Å². The number of carbonyl (C=O) groups excluding carboxylic acids is 2. The van der Waals surface area contributed by atoms with Gasteiger partial charge in [-0.15, -0.1) is 0 Å². The van der Waals surface area contributed by atoms with E-state index in [1.165, 1.54) is 18.2 Å². The van der Waals surface area contributed by atoms with E-state index in [0.29, 0.717) is 11.3 Å². The van der Waals surface area contributed by atoms with Crippen LogP contribution < -0.4 is 4.90 Å². The van der Waals surface area contributed by atoms with Gasteiger partial charge in [0.15, 0.2) is 0 Å². The molecule has 2 amide bonds. The van der Waals surface area contributed by atoms with Crippen LogP contribution in [0, 0.1) is 17.0 Å². The fourth-order valence-electron chi connectivity index (χ4n) is 2.54. The standard InChI is InChI=1S/C19H14N2O4S/c1-13-7-2-4-10-15(13)20-18(22)17(26-19(20)23)12-6-9-14-8-3-5-11-16(14)21(24)25/h2-12H,1H3/b9-6+,17-12-. The molecule has 0 saturated carbocycles. The maximum atomic E-state index is 12.6. The molecule has 26 heavy (non-hydrogen) atoms. The Hall–Kier alpha value is -3.19. The molecule has 0 atom stereocenters. The van der Waals surface area contributed by atoms with Crippen molar-refractivity contribution in [3.05, 3.63) is 86.8 Å². The van der Waals surface area contributed by atoms with Crippen LogP contribution in [0.2, 0.25) is 0 Å². The largest absolute Gasteiger partial charge is 0.298 e. The number of amides is 2. The Morgan fingerprint density at radius 1 is 1.08 bits per heavy atom. The Morgan fingerprint density at radius 3 is 2.50 bits per heavy atom. The van der Waals surface area contributed by atoms with Crippen molar-refractivity contribution in [3.8, 4) is 0 Å². The van der Waals surface area contributed by atoms with Crippen molar-refractivity contribution < 1.29 is 14.5 Å². The molecule has 2 aromatic carbocycles. The number of allylic oxidation sites excluding steroid dienone is 2. The van der Waals surface area contributed by atoms with Crippen LogP contribution in [0.1, 0.15) is 11.1 Å². The molecule has 3 rings (SSSR count). The van der Waals surface area contributed by atoms with Crippen LogP contribution in [0.3, 0.4) is 0 Å². The summed E-state index contributed by atoms with van der Waals surface area (Å²) >= 11 is 0.844. The van der Waals surface area contributed by atoms with Crippen LogP contribution in [-0.4, -0.2) is 16.1 Å². The summed E-state index contributed by atoms with van der Waals surface area (Å²) < 4.78 is 0. The molecule has 130 valence electrons. The molecule has 0 unspecified atom stereocenters. The lowest BCUT2D eigenvalue weighted by Crippen LogP contribution is -2.28. The zero-order valence-electron chi connectivity index (χ0n) is 13.8. The highest BCUT2D eigenvalue weighted by Gasteiger charge is 2.36. The zero-order valence-corrected chi connectivity index (χ0v) is 14.6. The molecule has 6 nitrogen and oxygen atoms in total. The minimum atomic E-state index is -0.467. The molecule has 2 aromatic rings. The van der Waals surface area contributed by atoms with Gasteiger partial charge in [0.25, 0.3) is 16.8 Å². The van der Waals surface area contributed by atoms with Gasteiger partial charge >= 0.3 is 0 Å². The lowest BCUT2D eigenvalue weighted by Gasteiger charge is -2.14. The fourth-order valence-corrected chi connectivity index (χ4v) is 3.32. The van der Waals surface area contributed by atoms with E-state index >= 15 is 0 Å². The summed E-state index contributed by atoms with van der Waals surface area (Å²) in [5.74, 6) is -0.401. The summed E-state index contributed by atoms with van der Waals surface area (Å²) in [6.07, 6.45) is 4.58. The van der Waals surface area contributed by atoms with Crippen LogP contribution >= 0.6 is 11.8 Å². The first kappa shape index (κ1) is 17.6. The molecule has 7 heteroatoms. The van der Waals surface area contributed by atoms with Crippen molar-refractivity contribution in [3.63, 3.8) is 0 Å². The number of nitro benzene ring substituents is 1. The number of nitro groups is 1. The number of thioether (sulfide) groups is 1. The highest BCUT2D eigenvalue weighted by atomic mass is 32.2.